The second-order valence-corrected chi connectivity index (χ2v) is 6.82. The molecule has 0 saturated carbocycles. The minimum atomic E-state index is -0.0935. The van der Waals surface area contributed by atoms with Crippen molar-refractivity contribution in [1.82, 2.24) is 19.7 Å². The molecule has 3 heterocycles. The molecule has 0 aromatic carbocycles. The van der Waals surface area contributed by atoms with Gasteiger partial charge in [-0.2, -0.15) is 5.10 Å². The van der Waals surface area contributed by atoms with Crippen LogP contribution in [0.1, 0.15) is 30.0 Å². The fourth-order valence-corrected chi connectivity index (χ4v) is 2.85. The number of aryl methyl sites for hydroxylation is 3. The zero-order valence-corrected chi connectivity index (χ0v) is 16.5. The van der Waals surface area contributed by atoms with Gasteiger partial charge in [-0.1, -0.05) is 15.9 Å². The Kier molecular flexibility index (Phi) is 5.51. The van der Waals surface area contributed by atoms with Gasteiger partial charge < -0.3 is 9.73 Å². The van der Waals surface area contributed by atoms with Crippen LogP contribution in [0.5, 0.6) is 0 Å². The molecule has 26 heavy (non-hydrogen) atoms. The van der Waals surface area contributed by atoms with Crippen molar-refractivity contribution in [1.29, 1.82) is 0 Å². The number of aromatic nitrogens is 4. The van der Waals surface area contributed by atoms with E-state index in [1.165, 1.54) is 0 Å². The summed E-state index contributed by atoms with van der Waals surface area (Å²) in [6.07, 6.45) is 1.17. The fraction of sp³-hybridized carbons (Fsp3) is 0.333. The van der Waals surface area contributed by atoms with E-state index < -0.39 is 0 Å². The predicted molar refractivity (Wildman–Crippen MR) is 103 cm³/mol. The Bertz CT molecular complexity index is 932. The number of anilines is 1. The Hall–Kier alpha value is -2.48. The molecule has 0 bridgehead atoms. The van der Waals surface area contributed by atoms with Gasteiger partial charge in [-0.15, -0.1) is 0 Å². The van der Waals surface area contributed by atoms with E-state index in [9.17, 15) is 4.79 Å². The second kappa shape index (κ2) is 7.82. The first-order valence-electron chi connectivity index (χ1n) is 8.31. The van der Waals surface area contributed by atoms with E-state index in [1.54, 1.807) is 10.7 Å². The van der Waals surface area contributed by atoms with Crippen LogP contribution in [0.3, 0.4) is 0 Å². The highest BCUT2D eigenvalue weighted by Gasteiger charge is 2.14. The van der Waals surface area contributed by atoms with Crippen LogP contribution in [0.25, 0.3) is 17.4 Å². The van der Waals surface area contributed by atoms with Gasteiger partial charge >= 0.3 is 0 Å². The van der Waals surface area contributed by atoms with Crippen LogP contribution in [0, 0.1) is 20.8 Å². The van der Waals surface area contributed by atoms with Crippen molar-refractivity contribution >= 4 is 27.7 Å². The largest absolute Gasteiger partial charge is 0.458 e. The molecule has 0 atom stereocenters. The molecule has 136 valence electrons. The minimum absolute atomic E-state index is 0.0935. The molecule has 0 aliphatic rings. The van der Waals surface area contributed by atoms with Crippen LogP contribution in [0.2, 0.25) is 0 Å². The number of carbonyl (C=O) groups excluding carboxylic acids is 1. The van der Waals surface area contributed by atoms with Gasteiger partial charge in [0, 0.05) is 23.5 Å². The summed E-state index contributed by atoms with van der Waals surface area (Å²) in [5.41, 5.74) is 1.83. The lowest BCUT2D eigenvalue weighted by Crippen LogP contribution is -2.14. The van der Waals surface area contributed by atoms with Gasteiger partial charge in [0.1, 0.15) is 11.6 Å². The molecule has 0 saturated heterocycles. The van der Waals surface area contributed by atoms with E-state index in [2.05, 4.69) is 36.3 Å². The Morgan fingerprint density at radius 3 is 2.65 bits per heavy atom. The van der Waals surface area contributed by atoms with E-state index in [1.807, 2.05) is 39.0 Å². The van der Waals surface area contributed by atoms with Crippen molar-refractivity contribution in [2.45, 2.75) is 33.6 Å². The quantitative estimate of drug-likeness (QED) is 0.613. The summed E-state index contributed by atoms with van der Waals surface area (Å²) < 4.78 is 7.37. The lowest BCUT2D eigenvalue weighted by molar-refractivity contribution is -0.116. The molecule has 7 nitrogen and oxygen atoms in total. The summed E-state index contributed by atoms with van der Waals surface area (Å²) in [5.74, 6) is 2.62. The predicted octanol–water partition coefficient (Wildman–Crippen LogP) is 3.96. The first-order valence-corrected chi connectivity index (χ1v) is 9.44. The Morgan fingerprint density at radius 1 is 1.23 bits per heavy atom. The number of halogens is 1. The first kappa shape index (κ1) is 18.3. The number of hydrogen-bond acceptors (Lipinski definition) is 5. The van der Waals surface area contributed by atoms with Crippen LogP contribution < -0.4 is 5.32 Å². The Balaban J connectivity index is 2.02. The van der Waals surface area contributed by atoms with Gasteiger partial charge in [0.15, 0.2) is 17.4 Å². The normalized spacial score (nSPS) is 10.9. The molecule has 0 spiro atoms. The number of amides is 1. The third kappa shape index (κ3) is 4.19. The van der Waals surface area contributed by atoms with E-state index in [-0.39, 0.29) is 5.91 Å². The van der Waals surface area contributed by atoms with E-state index in [0.29, 0.717) is 29.6 Å². The lowest BCUT2D eigenvalue weighted by atomic mass is 10.3. The molecule has 0 aliphatic carbocycles. The molecule has 1 amide bonds. The zero-order valence-electron chi connectivity index (χ0n) is 14.9. The van der Waals surface area contributed by atoms with Crippen LogP contribution in [-0.4, -0.2) is 31.0 Å². The van der Waals surface area contributed by atoms with E-state index >= 15 is 0 Å². The van der Waals surface area contributed by atoms with E-state index in [4.69, 9.17) is 4.42 Å². The number of nitrogens with zero attached hydrogens (tertiary/aromatic N) is 4. The van der Waals surface area contributed by atoms with Crippen LogP contribution in [0.15, 0.2) is 28.7 Å². The van der Waals surface area contributed by atoms with Crippen molar-refractivity contribution in [2.24, 2.45) is 0 Å². The van der Waals surface area contributed by atoms with Crippen LogP contribution in [-0.2, 0) is 4.79 Å². The topological polar surface area (TPSA) is 85.8 Å². The molecule has 0 radical (unpaired) electrons. The number of carbonyl (C=O) groups is 1. The number of nitrogens with one attached hydrogen (secondary N) is 1. The average Bonchev–Trinajstić information content (AvgIpc) is 3.17. The molecule has 3 aromatic heterocycles. The number of rotatable bonds is 6. The maximum Gasteiger partial charge on any atom is 0.225 e. The number of alkyl halides is 1. The fourth-order valence-electron chi connectivity index (χ4n) is 2.57. The van der Waals surface area contributed by atoms with Gasteiger partial charge in [-0.3, -0.25) is 4.79 Å². The van der Waals surface area contributed by atoms with E-state index in [0.717, 1.165) is 28.9 Å². The van der Waals surface area contributed by atoms with Crippen molar-refractivity contribution in [2.75, 3.05) is 10.6 Å². The molecule has 0 unspecified atom stereocenters. The molecular weight excluding hydrogens is 398 g/mol. The molecule has 0 aliphatic heterocycles. The van der Waals surface area contributed by atoms with Crippen LogP contribution in [0.4, 0.5) is 5.82 Å². The summed E-state index contributed by atoms with van der Waals surface area (Å²) >= 11 is 3.33. The van der Waals surface area contributed by atoms with Crippen molar-refractivity contribution in [3.05, 3.63) is 41.4 Å². The molecule has 1 N–H and O–H groups in total. The number of furan rings is 1. The SMILES string of the molecule is Cc1cc(C)n(-c2cc(NC(=O)CCCBr)nc(-c3ccc(C)o3)n2)n1. The van der Waals surface area contributed by atoms with Crippen molar-refractivity contribution in [3.8, 4) is 17.4 Å². The lowest BCUT2D eigenvalue weighted by Gasteiger charge is -2.09. The first-order chi connectivity index (χ1) is 12.5. The zero-order chi connectivity index (χ0) is 18.7. The Labute approximate surface area is 160 Å². The molecular formula is C18H20BrN5O2. The maximum absolute atomic E-state index is 12.1. The van der Waals surface area contributed by atoms with Gasteiger partial charge in [0.25, 0.3) is 0 Å². The third-order valence-electron chi connectivity index (χ3n) is 3.70. The third-order valence-corrected chi connectivity index (χ3v) is 4.27. The monoisotopic (exact) mass is 417 g/mol. The highest BCUT2D eigenvalue weighted by Crippen LogP contribution is 2.23. The molecule has 0 fully saturated rings. The smallest absolute Gasteiger partial charge is 0.225 e. The summed E-state index contributed by atoms with van der Waals surface area (Å²) in [6.45, 7) is 5.73. The van der Waals surface area contributed by atoms with Crippen molar-refractivity contribution in [3.63, 3.8) is 0 Å². The molecule has 8 heteroatoms. The van der Waals surface area contributed by atoms with Gasteiger partial charge in [-0.25, -0.2) is 14.6 Å². The Morgan fingerprint density at radius 2 is 2.04 bits per heavy atom. The summed E-state index contributed by atoms with van der Waals surface area (Å²) in [5, 5.41) is 8.08. The van der Waals surface area contributed by atoms with Gasteiger partial charge in [0.2, 0.25) is 5.91 Å². The highest BCUT2D eigenvalue weighted by molar-refractivity contribution is 9.09. The average molecular weight is 418 g/mol. The second-order valence-electron chi connectivity index (χ2n) is 6.02. The standard InChI is InChI=1S/C18H20BrN5O2/c1-11-9-12(2)24(23-11)16-10-15(20-17(25)5-4-8-19)21-18(22-16)14-7-6-13(3)26-14/h6-7,9-10H,4-5,8H2,1-3H3,(H,20,21,22,25). The summed E-state index contributed by atoms with van der Waals surface area (Å²) in [4.78, 5) is 21.1. The maximum atomic E-state index is 12.1. The van der Waals surface area contributed by atoms with Crippen LogP contribution >= 0.6 is 15.9 Å². The molecule has 3 aromatic rings. The summed E-state index contributed by atoms with van der Waals surface area (Å²) in [6, 6.07) is 7.34. The number of hydrogen-bond donors (Lipinski definition) is 1. The van der Waals surface area contributed by atoms with Crippen molar-refractivity contribution < 1.29 is 9.21 Å². The van der Waals surface area contributed by atoms with Gasteiger partial charge in [-0.05, 0) is 45.4 Å². The van der Waals surface area contributed by atoms with Gasteiger partial charge in [0.05, 0.1) is 5.69 Å². The summed E-state index contributed by atoms with van der Waals surface area (Å²) in [7, 11) is 0. The highest BCUT2D eigenvalue weighted by atomic mass is 79.9. The minimum Gasteiger partial charge on any atom is -0.458 e. The molecule has 3 rings (SSSR count).